The Labute approximate surface area is 175 Å². The summed E-state index contributed by atoms with van der Waals surface area (Å²) in [5.74, 6) is -0.778. The number of ether oxygens (including phenoxy) is 1. The maximum atomic E-state index is 13.8. The molecule has 0 heterocycles. The highest BCUT2D eigenvalue weighted by atomic mass is 16.5. The number of carboxylic acid groups (broad SMARTS) is 1. The number of fused-ring (bicyclic) bond motifs is 1. The zero-order valence-electron chi connectivity index (χ0n) is 16.5. The van der Waals surface area contributed by atoms with E-state index in [1.54, 1.807) is 11.0 Å². The summed E-state index contributed by atoms with van der Waals surface area (Å²) < 4.78 is 5.50. The lowest BCUT2D eigenvalue weighted by atomic mass is 9.81. The first-order valence-corrected chi connectivity index (χ1v) is 10.1. The molecule has 0 spiro atoms. The van der Waals surface area contributed by atoms with Crippen LogP contribution in [0.3, 0.4) is 0 Å². The highest BCUT2D eigenvalue weighted by molar-refractivity contribution is 6.04. The number of benzene rings is 3. The Morgan fingerprint density at radius 1 is 0.900 bits per heavy atom. The molecule has 5 heteroatoms. The lowest BCUT2D eigenvalue weighted by molar-refractivity contribution is -0.139. The minimum Gasteiger partial charge on any atom is -0.482 e. The largest absolute Gasteiger partial charge is 0.482 e. The molecule has 3 aromatic rings. The van der Waals surface area contributed by atoms with Crippen LogP contribution in [0, 0.1) is 0 Å². The molecule has 1 atom stereocenters. The molecule has 0 fully saturated rings. The highest BCUT2D eigenvalue weighted by Gasteiger charge is 2.32. The molecule has 152 valence electrons. The van der Waals surface area contributed by atoms with Crippen molar-refractivity contribution in [1.82, 2.24) is 0 Å². The zero-order valence-corrected chi connectivity index (χ0v) is 16.5. The Balaban J connectivity index is 1.72. The van der Waals surface area contributed by atoms with E-state index in [1.807, 2.05) is 72.8 Å². The van der Waals surface area contributed by atoms with Crippen molar-refractivity contribution in [3.63, 3.8) is 0 Å². The number of carbonyl (C=O) groups excluding carboxylic acids is 1. The molecule has 0 aliphatic heterocycles. The molecule has 1 N–H and O–H groups in total. The van der Waals surface area contributed by atoms with E-state index in [0.29, 0.717) is 5.75 Å². The molecule has 1 amide bonds. The quantitative estimate of drug-likeness (QED) is 0.636. The Bertz CT molecular complexity index is 994. The third-order valence-corrected chi connectivity index (χ3v) is 5.36. The normalized spacial score (nSPS) is 15.1. The SMILES string of the molecule is O=C(O)COc1cccc2c1CCCC2C(=O)N(c1ccccc1)c1ccccc1. The second-order valence-electron chi connectivity index (χ2n) is 7.30. The molecule has 0 aromatic heterocycles. The van der Waals surface area contributed by atoms with Gasteiger partial charge < -0.3 is 9.84 Å². The number of anilines is 2. The monoisotopic (exact) mass is 401 g/mol. The van der Waals surface area contributed by atoms with Crippen LogP contribution in [0.15, 0.2) is 78.9 Å². The van der Waals surface area contributed by atoms with Crippen molar-refractivity contribution in [3.05, 3.63) is 90.0 Å². The first-order valence-electron chi connectivity index (χ1n) is 10.1. The third-order valence-electron chi connectivity index (χ3n) is 5.36. The van der Waals surface area contributed by atoms with Gasteiger partial charge in [0.15, 0.2) is 6.61 Å². The van der Waals surface area contributed by atoms with Crippen molar-refractivity contribution in [2.45, 2.75) is 25.2 Å². The molecule has 1 aliphatic carbocycles. The van der Waals surface area contributed by atoms with Crippen LogP contribution in [0.4, 0.5) is 11.4 Å². The van der Waals surface area contributed by atoms with Gasteiger partial charge in [0, 0.05) is 11.4 Å². The van der Waals surface area contributed by atoms with Gasteiger partial charge in [0.05, 0.1) is 5.92 Å². The second-order valence-corrected chi connectivity index (χ2v) is 7.30. The van der Waals surface area contributed by atoms with E-state index >= 15 is 0 Å². The Hall–Kier alpha value is -3.60. The molecule has 3 aromatic carbocycles. The molecule has 1 aliphatic rings. The van der Waals surface area contributed by atoms with Crippen LogP contribution >= 0.6 is 0 Å². The maximum Gasteiger partial charge on any atom is 0.341 e. The van der Waals surface area contributed by atoms with Crippen LogP contribution in [-0.2, 0) is 16.0 Å². The number of nitrogens with zero attached hydrogens (tertiary/aromatic N) is 1. The summed E-state index contributed by atoms with van der Waals surface area (Å²) in [6.45, 7) is -0.394. The molecule has 5 nitrogen and oxygen atoms in total. The van der Waals surface area contributed by atoms with E-state index in [4.69, 9.17) is 9.84 Å². The van der Waals surface area contributed by atoms with Crippen LogP contribution in [0.2, 0.25) is 0 Å². The summed E-state index contributed by atoms with van der Waals surface area (Å²) in [6.07, 6.45) is 2.35. The van der Waals surface area contributed by atoms with E-state index in [9.17, 15) is 9.59 Å². The van der Waals surface area contributed by atoms with Gasteiger partial charge in [0.1, 0.15) is 5.75 Å². The van der Waals surface area contributed by atoms with Crippen LogP contribution in [0.5, 0.6) is 5.75 Å². The van der Waals surface area contributed by atoms with E-state index in [-0.39, 0.29) is 11.8 Å². The van der Waals surface area contributed by atoms with Gasteiger partial charge in [-0.1, -0.05) is 48.5 Å². The van der Waals surface area contributed by atoms with Crippen LogP contribution in [-0.4, -0.2) is 23.6 Å². The predicted molar refractivity (Wildman–Crippen MR) is 115 cm³/mol. The average molecular weight is 401 g/mol. The van der Waals surface area contributed by atoms with Crippen molar-refractivity contribution in [2.24, 2.45) is 0 Å². The smallest absolute Gasteiger partial charge is 0.341 e. The van der Waals surface area contributed by atoms with Gasteiger partial charge >= 0.3 is 5.97 Å². The lowest BCUT2D eigenvalue weighted by Crippen LogP contribution is -2.33. The van der Waals surface area contributed by atoms with Crippen molar-refractivity contribution in [3.8, 4) is 5.75 Å². The van der Waals surface area contributed by atoms with Crippen molar-refractivity contribution >= 4 is 23.3 Å². The van der Waals surface area contributed by atoms with Gasteiger partial charge in [-0.15, -0.1) is 0 Å². The second kappa shape index (κ2) is 8.82. The fourth-order valence-corrected chi connectivity index (χ4v) is 4.06. The Kier molecular flexibility index (Phi) is 5.80. The Morgan fingerprint density at radius 3 is 2.13 bits per heavy atom. The summed E-state index contributed by atoms with van der Waals surface area (Å²) in [7, 11) is 0. The van der Waals surface area contributed by atoms with Gasteiger partial charge in [-0.25, -0.2) is 4.79 Å². The lowest BCUT2D eigenvalue weighted by Gasteiger charge is -2.31. The summed E-state index contributed by atoms with van der Waals surface area (Å²) in [4.78, 5) is 26.5. The summed E-state index contributed by atoms with van der Waals surface area (Å²) >= 11 is 0. The first-order chi connectivity index (χ1) is 14.6. The van der Waals surface area contributed by atoms with E-state index in [2.05, 4.69) is 0 Å². The number of para-hydroxylation sites is 2. The van der Waals surface area contributed by atoms with Crippen LogP contribution in [0.1, 0.15) is 29.9 Å². The molecule has 4 rings (SSSR count). The average Bonchev–Trinajstić information content (AvgIpc) is 2.78. The van der Waals surface area contributed by atoms with Gasteiger partial charge in [0.2, 0.25) is 5.91 Å². The van der Waals surface area contributed by atoms with E-state index in [1.165, 1.54) is 0 Å². The van der Waals surface area contributed by atoms with Gasteiger partial charge in [-0.2, -0.15) is 0 Å². The van der Waals surface area contributed by atoms with Crippen LogP contribution in [0.25, 0.3) is 0 Å². The molecule has 30 heavy (non-hydrogen) atoms. The van der Waals surface area contributed by atoms with Gasteiger partial charge in [-0.05, 0) is 60.7 Å². The fraction of sp³-hybridized carbons (Fsp3) is 0.200. The number of amides is 1. The number of rotatable bonds is 6. The fourth-order valence-electron chi connectivity index (χ4n) is 4.06. The van der Waals surface area contributed by atoms with Crippen molar-refractivity contribution in [2.75, 3.05) is 11.5 Å². The molecule has 0 bridgehead atoms. The topological polar surface area (TPSA) is 66.8 Å². The number of hydrogen-bond donors (Lipinski definition) is 1. The zero-order chi connectivity index (χ0) is 20.9. The number of carbonyl (C=O) groups is 2. The predicted octanol–water partition coefficient (Wildman–Crippen LogP) is 4.93. The third kappa shape index (κ3) is 4.06. The Morgan fingerprint density at radius 2 is 1.53 bits per heavy atom. The van der Waals surface area contributed by atoms with E-state index < -0.39 is 12.6 Å². The number of carboxylic acids is 1. The summed E-state index contributed by atoms with van der Waals surface area (Å²) in [6, 6.07) is 24.8. The molecule has 0 saturated heterocycles. The molecule has 1 unspecified atom stereocenters. The molecular weight excluding hydrogens is 378 g/mol. The number of aliphatic carboxylic acids is 1. The van der Waals surface area contributed by atoms with Crippen molar-refractivity contribution < 1.29 is 19.4 Å². The highest BCUT2D eigenvalue weighted by Crippen LogP contribution is 2.40. The minimum atomic E-state index is -1.02. The van der Waals surface area contributed by atoms with E-state index in [0.717, 1.165) is 41.8 Å². The van der Waals surface area contributed by atoms with Gasteiger partial charge in [-0.3, -0.25) is 9.69 Å². The summed E-state index contributed by atoms with van der Waals surface area (Å²) in [5.41, 5.74) is 3.49. The van der Waals surface area contributed by atoms with Crippen LogP contribution < -0.4 is 9.64 Å². The standard InChI is InChI=1S/C25H23NO4/c27-24(28)17-30-23-16-8-13-20-21(23)14-7-15-22(20)25(29)26(18-9-3-1-4-10-18)19-11-5-2-6-12-19/h1-6,8-13,16,22H,7,14-15,17H2,(H,27,28). The molecular formula is C25H23NO4. The molecule has 0 radical (unpaired) electrons. The maximum absolute atomic E-state index is 13.8. The van der Waals surface area contributed by atoms with Crippen molar-refractivity contribution in [1.29, 1.82) is 0 Å². The summed E-state index contributed by atoms with van der Waals surface area (Å²) in [5, 5.41) is 8.96. The minimum absolute atomic E-state index is 0.00346. The number of hydrogen-bond acceptors (Lipinski definition) is 3. The molecule has 0 saturated carbocycles. The van der Waals surface area contributed by atoms with Gasteiger partial charge in [0.25, 0.3) is 0 Å². The first kappa shape index (κ1) is 19.7.